The highest BCUT2D eigenvalue weighted by atomic mass is 16.6. The van der Waals surface area contributed by atoms with E-state index in [1.54, 1.807) is 6.92 Å². The number of benzene rings is 2. The van der Waals surface area contributed by atoms with Gasteiger partial charge in [-0.2, -0.15) is 0 Å². The fraction of sp³-hybridized carbons (Fsp3) is 0.263. The van der Waals surface area contributed by atoms with Crippen LogP contribution in [0.4, 0.5) is 4.79 Å². The molecule has 26 heavy (non-hydrogen) atoms. The van der Waals surface area contributed by atoms with Crippen molar-refractivity contribution in [3.05, 3.63) is 82.2 Å². The van der Waals surface area contributed by atoms with Crippen LogP contribution in [0.3, 0.4) is 0 Å². The Bertz CT molecular complexity index is 830. The Morgan fingerprint density at radius 1 is 1.19 bits per heavy atom. The summed E-state index contributed by atoms with van der Waals surface area (Å²) in [6.45, 7) is 1.88. The lowest BCUT2D eigenvalue weighted by molar-refractivity contribution is -0.131. The number of amides is 2. The predicted molar refractivity (Wildman–Crippen MR) is 95.2 cm³/mol. The Labute approximate surface area is 150 Å². The first-order valence-corrected chi connectivity index (χ1v) is 8.27. The molecule has 3 atom stereocenters. The van der Waals surface area contributed by atoms with Crippen molar-refractivity contribution in [3.63, 3.8) is 0 Å². The Hall–Kier alpha value is -3.31. The molecule has 1 heterocycles. The summed E-state index contributed by atoms with van der Waals surface area (Å²) in [6.07, 6.45) is -0.720. The van der Waals surface area contributed by atoms with E-state index in [1.165, 1.54) is 0 Å². The molecule has 0 radical (unpaired) electrons. The van der Waals surface area contributed by atoms with E-state index in [-0.39, 0.29) is 12.5 Å². The number of ether oxygens (including phenoxy) is 1. The second-order valence-electron chi connectivity index (χ2n) is 6.06. The van der Waals surface area contributed by atoms with Gasteiger partial charge in [0.15, 0.2) is 0 Å². The van der Waals surface area contributed by atoms with Crippen molar-refractivity contribution >= 4 is 12.0 Å². The van der Waals surface area contributed by atoms with Crippen LogP contribution < -0.4 is 0 Å². The molecule has 0 aliphatic carbocycles. The molecular formula is C19H18N4O3. The fourth-order valence-electron chi connectivity index (χ4n) is 3.09. The third kappa shape index (κ3) is 3.38. The van der Waals surface area contributed by atoms with Crippen molar-refractivity contribution in [1.29, 1.82) is 0 Å². The van der Waals surface area contributed by atoms with Crippen molar-refractivity contribution in [1.82, 2.24) is 4.90 Å². The van der Waals surface area contributed by atoms with E-state index in [9.17, 15) is 9.59 Å². The van der Waals surface area contributed by atoms with Crippen LogP contribution in [0.25, 0.3) is 10.4 Å². The van der Waals surface area contributed by atoms with Gasteiger partial charge in [0.25, 0.3) is 0 Å². The maximum atomic E-state index is 13.1. The maximum Gasteiger partial charge on any atom is 0.417 e. The molecule has 1 saturated heterocycles. The minimum Gasteiger partial charge on any atom is -0.446 e. The number of cyclic esters (lactones) is 1. The predicted octanol–water partition coefficient (Wildman–Crippen LogP) is 4.19. The number of azide groups is 1. The molecule has 2 aromatic carbocycles. The quantitative estimate of drug-likeness (QED) is 0.459. The molecule has 7 heteroatoms. The highest BCUT2D eigenvalue weighted by molar-refractivity contribution is 5.97. The van der Waals surface area contributed by atoms with Gasteiger partial charge in [0.2, 0.25) is 5.91 Å². The number of nitrogens with zero attached hydrogens (tertiary/aromatic N) is 4. The van der Waals surface area contributed by atoms with Gasteiger partial charge < -0.3 is 4.74 Å². The number of rotatable bonds is 5. The summed E-state index contributed by atoms with van der Waals surface area (Å²) >= 11 is 0. The largest absolute Gasteiger partial charge is 0.446 e. The summed E-state index contributed by atoms with van der Waals surface area (Å²) in [6, 6.07) is 16.9. The molecule has 132 valence electrons. The topological polar surface area (TPSA) is 95.4 Å². The summed E-state index contributed by atoms with van der Waals surface area (Å²) in [5.41, 5.74) is 10.6. The first kappa shape index (κ1) is 17.5. The molecule has 0 spiro atoms. The number of imide groups is 1. The molecule has 0 saturated carbocycles. The zero-order valence-corrected chi connectivity index (χ0v) is 14.2. The van der Waals surface area contributed by atoms with E-state index in [0.29, 0.717) is 0 Å². The second-order valence-corrected chi connectivity index (χ2v) is 6.06. The van der Waals surface area contributed by atoms with Crippen LogP contribution in [0.15, 0.2) is 65.8 Å². The fourth-order valence-corrected chi connectivity index (χ4v) is 3.09. The first-order valence-electron chi connectivity index (χ1n) is 8.27. The van der Waals surface area contributed by atoms with Crippen LogP contribution in [0.1, 0.15) is 30.0 Å². The van der Waals surface area contributed by atoms with E-state index >= 15 is 0 Å². The van der Waals surface area contributed by atoms with Gasteiger partial charge in [-0.05, 0) is 22.6 Å². The van der Waals surface area contributed by atoms with Crippen LogP contribution in [-0.2, 0) is 9.53 Å². The monoisotopic (exact) mass is 350 g/mol. The molecule has 3 rings (SSSR count). The summed E-state index contributed by atoms with van der Waals surface area (Å²) in [5.74, 6) is -0.945. The van der Waals surface area contributed by atoms with Gasteiger partial charge in [0, 0.05) is 4.91 Å². The molecule has 1 aliphatic heterocycles. The second kappa shape index (κ2) is 7.72. The summed E-state index contributed by atoms with van der Waals surface area (Å²) < 4.78 is 5.10. The lowest BCUT2D eigenvalue weighted by Crippen LogP contribution is -2.42. The number of hydrogen-bond donors (Lipinski definition) is 0. The van der Waals surface area contributed by atoms with Crippen molar-refractivity contribution in [2.45, 2.75) is 24.9 Å². The molecule has 0 aromatic heterocycles. The Balaban J connectivity index is 1.92. The molecule has 2 aromatic rings. The molecule has 1 fully saturated rings. The van der Waals surface area contributed by atoms with Crippen LogP contribution in [0.2, 0.25) is 0 Å². The maximum absolute atomic E-state index is 13.1. The van der Waals surface area contributed by atoms with Gasteiger partial charge in [-0.3, -0.25) is 4.79 Å². The van der Waals surface area contributed by atoms with Crippen LogP contribution in [0, 0.1) is 0 Å². The highest BCUT2D eigenvalue weighted by Gasteiger charge is 2.42. The van der Waals surface area contributed by atoms with Crippen molar-refractivity contribution in [2.75, 3.05) is 6.61 Å². The molecule has 2 amide bonds. The molecular weight excluding hydrogens is 332 g/mol. The van der Waals surface area contributed by atoms with Gasteiger partial charge in [-0.25, -0.2) is 9.69 Å². The Kier molecular flexibility index (Phi) is 5.20. The average Bonchev–Trinajstić information content (AvgIpc) is 3.08. The summed E-state index contributed by atoms with van der Waals surface area (Å²) in [5, 5.41) is 3.69. The van der Waals surface area contributed by atoms with Crippen molar-refractivity contribution in [2.24, 2.45) is 5.11 Å². The average molecular weight is 350 g/mol. The van der Waals surface area contributed by atoms with Gasteiger partial charge in [-0.1, -0.05) is 72.7 Å². The molecule has 1 aliphatic rings. The Morgan fingerprint density at radius 2 is 1.81 bits per heavy atom. The molecule has 0 bridgehead atoms. The lowest BCUT2D eigenvalue weighted by Gasteiger charge is -2.26. The van der Waals surface area contributed by atoms with E-state index < -0.39 is 24.1 Å². The lowest BCUT2D eigenvalue weighted by atomic mass is 9.92. The molecule has 0 unspecified atom stereocenters. The van der Waals surface area contributed by atoms with E-state index in [4.69, 9.17) is 10.3 Å². The molecule has 0 N–H and O–H groups in total. The normalized spacial score (nSPS) is 18.6. The van der Waals surface area contributed by atoms with Crippen LogP contribution in [-0.4, -0.2) is 29.5 Å². The molecule has 7 nitrogen and oxygen atoms in total. The van der Waals surface area contributed by atoms with Crippen molar-refractivity contribution in [3.8, 4) is 0 Å². The van der Waals surface area contributed by atoms with Gasteiger partial charge in [-0.15, -0.1) is 0 Å². The highest BCUT2D eigenvalue weighted by Crippen LogP contribution is 2.31. The number of carbonyl (C=O) groups is 2. The van der Waals surface area contributed by atoms with E-state index in [2.05, 4.69) is 10.0 Å². The first-order chi connectivity index (χ1) is 12.6. The third-order valence-electron chi connectivity index (χ3n) is 4.52. The van der Waals surface area contributed by atoms with Crippen molar-refractivity contribution < 1.29 is 14.3 Å². The standard InChI is InChI=1S/C19H18N4O3/c1-13(14-8-4-2-5-9-14)17(21-22-20)18(24)23-16(12-26-19(23)25)15-10-6-3-7-11-15/h2-11,13,16-17H,12H2,1H3/t13-,16-,17+/m1/s1. The number of carbonyl (C=O) groups excluding carboxylic acids is 2. The Morgan fingerprint density at radius 3 is 2.42 bits per heavy atom. The minimum absolute atomic E-state index is 0.0806. The van der Waals surface area contributed by atoms with Gasteiger partial charge in [0.05, 0.1) is 0 Å². The summed E-state index contributed by atoms with van der Waals surface area (Å²) in [7, 11) is 0. The van der Waals surface area contributed by atoms with Gasteiger partial charge in [0.1, 0.15) is 18.7 Å². The number of hydrogen-bond acceptors (Lipinski definition) is 4. The van der Waals surface area contributed by atoms with Crippen LogP contribution in [0.5, 0.6) is 0 Å². The van der Waals surface area contributed by atoms with E-state index in [1.807, 2.05) is 60.7 Å². The summed E-state index contributed by atoms with van der Waals surface area (Å²) in [4.78, 5) is 29.2. The van der Waals surface area contributed by atoms with Crippen LogP contribution >= 0.6 is 0 Å². The zero-order valence-electron chi connectivity index (χ0n) is 14.2. The minimum atomic E-state index is -1.04. The van der Waals surface area contributed by atoms with Gasteiger partial charge >= 0.3 is 6.09 Å². The smallest absolute Gasteiger partial charge is 0.417 e. The zero-order chi connectivity index (χ0) is 18.5. The SMILES string of the molecule is C[C@H](c1ccccc1)[C@H](N=[N+]=[N-])C(=O)N1C(=O)OC[C@@H]1c1ccccc1. The van der Waals surface area contributed by atoms with E-state index in [0.717, 1.165) is 16.0 Å². The third-order valence-corrected chi connectivity index (χ3v) is 4.52.